The summed E-state index contributed by atoms with van der Waals surface area (Å²) in [5.41, 5.74) is 3.03. The van der Waals surface area contributed by atoms with Crippen LogP contribution in [0, 0.1) is 13.5 Å². The van der Waals surface area contributed by atoms with Crippen LogP contribution in [0.5, 0.6) is 11.5 Å². The van der Waals surface area contributed by atoms with E-state index < -0.39 is 0 Å². The molecule has 5 heteroatoms. The van der Waals surface area contributed by atoms with Crippen LogP contribution in [0.3, 0.4) is 0 Å². The average molecular weight is 411 g/mol. The van der Waals surface area contributed by atoms with Gasteiger partial charge in [0.1, 0.15) is 0 Å². The predicted octanol–water partition coefficient (Wildman–Crippen LogP) is 2.94. The molecule has 0 bridgehead atoms. The standard InChI is InChI=1S/C21H25N2O2.CH3.Ni/c1-17-16-20(24-3)8-9-21(17)18-4-6-19(7-5-18)25-15-14-23-12-10-22(2)11-13-23;;/h1,4,6-9,16H,10-15H2,2-3H3;1H3;/q2*-1;. The van der Waals surface area contributed by atoms with Crippen molar-refractivity contribution in [2.75, 3.05) is 53.5 Å². The molecule has 1 heterocycles. The van der Waals surface area contributed by atoms with Crippen LogP contribution in [-0.2, 0) is 15.0 Å². The van der Waals surface area contributed by atoms with Crippen molar-refractivity contribution >= 4 is 4.99 Å². The first-order valence-electron chi connectivity index (χ1n) is 8.83. The second-order valence-corrected chi connectivity index (χ2v) is 6.76. The van der Waals surface area contributed by atoms with E-state index >= 15 is 0 Å². The summed E-state index contributed by atoms with van der Waals surface area (Å²) in [4.78, 5) is 6.52. The zero-order valence-corrected chi connectivity index (χ0v) is 17.3. The van der Waals surface area contributed by atoms with Gasteiger partial charge in [-0.2, -0.15) is 0 Å². The molecule has 0 spiro atoms. The van der Waals surface area contributed by atoms with Crippen LogP contribution in [0.15, 0.2) is 36.4 Å². The van der Waals surface area contributed by atoms with Crippen molar-refractivity contribution in [2.45, 2.75) is 0 Å². The molecular formula is C22H28N2NiO2-2. The van der Waals surface area contributed by atoms with Crippen molar-refractivity contribution in [3.8, 4) is 22.6 Å². The van der Waals surface area contributed by atoms with Gasteiger partial charge >= 0.3 is 138 Å². The molecule has 0 saturated carbocycles. The van der Waals surface area contributed by atoms with Crippen LogP contribution < -0.4 is 9.47 Å². The molecule has 1 aliphatic rings. The fourth-order valence-corrected chi connectivity index (χ4v) is 3.26. The van der Waals surface area contributed by atoms with Gasteiger partial charge in [0, 0.05) is 13.1 Å². The molecular weight excluding hydrogens is 383 g/mol. The summed E-state index contributed by atoms with van der Waals surface area (Å²) < 4.78 is 11.2. The van der Waals surface area contributed by atoms with Gasteiger partial charge in [0.05, 0.1) is 0 Å². The van der Waals surface area contributed by atoms with Crippen molar-refractivity contribution in [1.82, 2.24) is 9.80 Å². The molecule has 27 heavy (non-hydrogen) atoms. The molecule has 1 fully saturated rings. The molecule has 0 N–H and O–H groups in total. The Kier molecular flexibility index (Phi) is 8.49. The third-order valence-corrected chi connectivity index (χ3v) is 5.01. The minimum atomic E-state index is 0. The Morgan fingerprint density at radius 3 is 2.48 bits per heavy atom. The van der Waals surface area contributed by atoms with E-state index in [4.69, 9.17) is 24.5 Å². The van der Waals surface area contributed by atoms with E-state index in [1.807, 2.05) is 36.4 Å². The van der Waals surface area contributed by atoms with Gasteiger partial charge in [-0.25, -0.2) is 0 Å². The van der Waals surface area contributed by atoms with Crippen LogP contribution in [-0.4, -0.2) is 68.3 Å². The largest absolute Gasteiger partial charge is 0.358 e. The monoisotopic (exact) mass is 410 g/mol. The maximum Gasteiger partial charge on any atom is -0.358 e. The molecule has 0 aromatic heterocycles. The normalized spacial score (nSPS) is 15.1. The van der Waals surface area contributed by atoms with Crippen molar-refractivity contribution in [2.24, 2.45) is 0 Å². The average Bonchev–Trinajstić information content (AvgIpc) is 2.69. The number of benzene rings is 2. The SMILES string of the molecule is COc1ccc(-c2[c-]cc(OCCN3CCN(C)CC3)cc2)c([CH]=[Ni])c1.[CH3-]. The minimum absolute atomic E-state index is 0. The second-order valence-electron chi connectivity index (χ2n) is 6.48. The maximum absolute atomic E-state index is 5.89. The third kappa shape index (κ3) is 5.90. The summed E-state index contributed by atoms with van der Waals surface area (Å²) in [7, 11) is 3.83. The topological polar surface area (TPSA) is 24.9 Å². The molecule has 4 nitrogen and oxygen atoms in total. The molecule has 1 saturated heterocycles. The van der Waals surface area contributed by atoms with Gasteiger partial charge in [0.15, 0.2) is 0 Å². The molecule has 3 rings (SSSR count). The van der Waals surface area contributed by atoms with Gasteiger partial charge in [0.2, 0.25) is 0 Å². The van der Waals surface area contributed by atoms with Crippen molar-refractivity contribution in [1.29, 1.82) is 0 Å². The molecule has 0 aliphatic carbocycles. The maximum atomic E-state index is 5.89. The summed E-state index contributed by atoms with van der Waals surface area (Å²) >= 11 is 4.83. The van der Waals surface area contributed by atoms with E-state index in [2.05, 4.69) is 22.9 Å². The van der Waals surface area contributed by atoms with E-state index in [0.29, 0.717) is 6.61 Å². The Balaban J connectivity index is 0.00000261. The van der Waals surface area contributed by atoms with Crippen molar-refractivity contribution < 1.29 is 24.5 Å². The zero-order chi connectivity index (χ0) is 18.4. The molecule has 0 radical (unpaired) electrons. The summed E-state index contributed by atoms with van der Waals surface area (Å²) in [6.45, 7) is 6.16. The summed E-state index contributed by atoms with van der Waals surface area (Å²) in [5.74, 6) is 1.66. The number of hydrogen-bond donors (Lipinski definition) is 0. The number of piperazine rings is 1. The zero-order valence-electron chi connectivity index (χ0n) is 16.3. The van der Waals surface area contributed by atoms with Gasteiger partial charge in [-0.3, -0.25) is 0 Å². The fraction of sp³-hybridized carbons (Fsp3) is 0.364. The number of rotatable bonds is 7. The van der Waals surface area contributed by atoms with E-state index in [1.54, 1.807) is 12.1 Å². The smallest absolute Gasteiger partial charge is 0.358 e. The Labute approximate surface area is 171 Å². The first-order chi connectivity index (χ1) is 12.7. The Morgan fingerprint density at radius 1 is 1.11 bits per heavy atom. The van der Waals surface area contributed by atoms with E-state index in [9.17, 15) is 0 Å². The number of ether oxygens (including phenoxy) is 2. The molecule has 0 unspecified atom stereocenters. The van der Waals surface area contributed by atoms with Crippen LogP contribution in [0.4, 0.5) is 0 Å². The van der Waals surface area contributed by atoms with Gasteiger partial charge < -0.3 is 12.3 Å². The third-order valence-electron chi connectivity index (χ3n) is 4.70. The van der Waals surface area contributed by atoms with Crippen LogP contribution in [0.1, 0.15) is 5.56 Å². The van der Waals surface area contributed by atoms with Gasteiger partial charge in [-0.15, -0.1) is 0 Å². The van der Waals surface area contributed by atoms with E-state index in [0.717, 1.165) is 60.9 Å². The molecule has 2 aromatic carbocycles. The number of methoxy groups -OCH3 is 1. The summed E-state index contributed by atoms with van der Waals surface area (Å²) in [5, 5.41) is 0. The van der Waals surface area contributed by atoms with Crippen LogP contribution >= 0.6 is 0 Å². The Morgan fingerprint density at radius 2 is 1.85 bits per heavy atom. The summed E-state index contributed by atoms with van der Waals surface area (Å²) in [6, 6.07) is 15.1. The first kappa shape index (κ1) is 21.6. The van der Waals surface area contributed by atoms with Crippen molar-refractivity contribution in [3.63, 3.8) is 0 Å². The minimum Gasteiger partial charge on any atom is -0.358 e. The Bertz CT molecular complexity index is 726. The summed E-state index contributed by atoms with van der Waals surface area (Å²) in [6.07, 6.45) is 0. The molecule has 1 aliphatic heterocycles. The molecule has 150 valence electrons. The Hall–Kier alpha value is -1.68. The number of nitrogens with zero attached hydrogens (tertiary/aromatic N) is 2. The van der Waals surface area contributed by atoms with E-state index in [1.165, 1.54) is 0 Å². The van der Waals surface area contributed by atoms with Crippen molar-refractivity contribution in [3.05, 3.63) is 55.5 Å². The second kappa shape index (κ2) is 10.6. The molecule has 2 aromatic rings. The number of hydrogen-bond acceptors (Lipinski definition) is 4. The van der Waals surface area contributed by atoms with Gasteiger partial charge in [0.25, 0.3) is 0 Å². The van der Waals surface area contributed by atoms with E-state index in [-0.39, 0.29) is 7.43 Å². The molecule has 0 amide bonds. The van der Waals surface area contributed by atoms with Gasteiger partial charge in [-0.05, 0) is 7.05 Å². The van der Waals surface area contributed by atoms with Crippen LogP contribution in [0.25, 0.3) is 11.1 Å². The van der Waals surface area contributed by atoms with Crippen LogP contribution in [0.2, 0.25) is 0 Å². The van der Waals surface area contributed by atoms with Gasteiger partial charge in [-0.1, -0.05) is 0 Å². The first-order valence-corrected chi connectivity index (χ1v) is 9.40. The fourth-order valence-electron chi connectivity index (χ4n) is 3.02. The quantitative estimate of drug-likeness (QED) is 0.517. The predicted molar refractivity (Wildman–Crippen MR) is 108 cm³/mol. The molecule has 0 atom stereocenters. The number of likely N-dealkylation sites (N-methyl/N-ethyl adjacent to an activating group) is 1.